The second-order valence-corrected chi connectivity index (χ2v) is 5.49. The second kappa shape index (κ2) is 7.01. The largest absolute Gasteiger partial charge is 0.493 e. The topological polar surface area (TPSA) is 38.7 Å². The number of benzene rings is 1. The monoisotopic (exact) mass is 284 g/mol. The summed E-state index contributed by atoms with van der Waals surface area (Å²) < 4.78 is 11.1. The maximum Gasteiger partial charge on any atom is 0.179 e. The molecule has 0 atom stereocenters. The van der Waals surface area contributed by atoms with Crippen molar-refractivity contribution in [3.8, 4) is 11.5 Å². The average molecular weight is 285 g/mol. The Labute approximate surface area is 119 Å². The van der Waals surface area contributed by atoms with E-state index in [0.29, 0.717) is 29.0 Å². The molecular formula is C15H21ClO3. The van der Waals surface area contributed by atoms with E-state index in [1.807, 2.05) is 0 Å². The van der Waals surface area contributed by atoms with Gasteiger partial charge in [0.05, 0.1) is 25.3 Å². The molecule has 1 N–H and O–H groups in total. The number of aliphatic hydroxyl groups is 1. The predicted octanol–water partition coefficient (Wildman–Crippen LogP) is 3.80. The zero-order valence-corrected chi connectivity index (χ0v) is 12.1. The minimum absolute atomic E-state index is 0.0566. The number of methoxy groups -OCH3 is 1. The van der Waals surface area contributed by atoms with Crippen LogP contribution in [0.1, 0.15) is 37.7 Å². The van der Waals surface area contributed by atoms with Crippen LogP contribution in [0.5, 0.6) is 11.5 Å². The lowest BCUT2D eigenvalue weighted by Gasteiger charge is -2.22. The van der Waals surface area contributed by atoms with Gasteiger partial charge in [0, 0.05) is 0 Å². The van der Waals surface area contributed by atoms with Gasteiger partial charge in [-0.1, -0.05) is 30.9 Å². The Balaban J connectivity index is 2.05. The second-order valence-electron chi connectivity index (χ2n) is 5.08. The minimum Gasteiger partial charge on any atom is -0.493 e. The molecule has 0 bridgehead atoms. The maximum absolute atomic E-state index is 9.15. The first-order chi connectivity index (χ1) is 9.24. The quantitative estimate of drug-likeness (QED) is 0.894. The summed E-state index contributed by atoms with van der Waals surface area (Å²) in [6.07, 6.45) is 6.39. The Morgan fingerprint density at radius 1 is 1.26 bits per heavy atom. The number of hydrogen-bond acceptors (Lipinski definition) is 3. The Morgan fingerprint density at radius 3 is 2.63 bits per heavy atom. The van der Waals surface area contributed by atoms with Gasteiger partial charge in [0.1, 0.15) is 0 Å². The average Bonchev–Trinajstić information content (AvgIpc) is 2.46. The van der Waals surface area contributed by atoms with Crippen LogP contribution < -0.4 is 9.47 Å². The maximum atomic E-state index is 9.15. The van der Waals surface area contributed by atoms with Gasteiger partial charge in [-0.05, 0) is 36.5 Å². The van der Waals surface area contributed by atoms with Gasteiger partial charge in [0.2, 0.25) is 0 Å². The Hall–Kier alpha value is -0.930. The van der Waals surface area contributed by atoms with Gasteiger partial charge in [0.25, 0.3) is 0 Å². The fraction of sp³-hybridized carbons (Fsp3) is 0.600. The first-order valence-corrected chi connectivity index (χ1v) is 7.22. The third kappa shape index (κ3) is 3.77. The third-order valence-corrected chi connectivity index (χ3v) is 3.94. The van der Waals surface area contributed by atoms with Crippen LogP contribution in [0.2, 0.25) is 5.02 Å². The fourth-order valence-corrected chi connectivity index (χ4v) is 2.85. The van der Waals surface area contributed by atoms with Crippen LogP contribution in [0.4, 0.5) is 0 Å². The summed E-state index contributed by atoms with van der Waals surface area (Å²) in [7, 11) is 1.58. The van der Waals surface area contributed by atoms with E-state index in [1.165, 1.54) is 32.1 Å². The molecule has 0 spiro atoms. The van der Waals surface area contributed by atoms with Crippen molar-refractivity contribution in [2.45, 2.75) is 38.7 Å². The molecular weight excluding hydrogens is 264 g/mol. The van der Waals surface area contributed by atoms with E-state index in [4.69, 9.17) is 26.2 Å². The van der Waals surface area contributed by atoms with E-state index >= 15 is 0 Å². The molecule has 0 saturated heterocycles. The molecule has 4 heteroatoms. The first-order valence-electron chi connectivity index (χ1n) is 6.84. The molecule has 0 heterocycles. The van der Waals surface area contributed by atoms with Crippen molar-refractivity contribution in [1.82, 2.24) is 0 Å². The molecule has 3 nitrogen and oxygen atoms in total. The molecule has 1 aliphatic rings. The smallest absolute Gasteiger partial charge is 0.179 e. The highest BCUT2D eigenvalue weighted by molar-refractivity contribution is 6.32. The van der Waals surface area contributed by atoms with Crippen LogP contribution in [0.15, 0.2) is 12.1 Å². The Kier molecular flexibility index (Phi) is 5.34. The summed E-state index contributed by atoms with van der Waals surface area (Å²) in [5, 5.41) is 9.65. The lowest BCUT2D eigenvalue weighted by Crippen LogP contribution is -2.15. The standard InChI is InChI=1S/C15H21ClO3/c1-18-14-8-12(9-17)7-13(16)15(14)19-10-11-5-3-2-4-6-11/h7-8,11,17H,2-6,9-10H2,1H3. The van der Waals surface area contributed by atoms with E-state index in [2.05, 4.69) is 0 Å². The molecule has 1 fully saturated rings. The van der Waals surface area contributed by atoms with Gasteiger partial charge in [0.15, 0.2) is 11.5 Å². The van der Waals surface area contributed by atoms with E-state index < -0.39 is 0 Å². The lowest BCUT2D eigenvalue weighted by atomic mass is 9.90. The minimum atomic E-state index is -0.0566. The van der Waals surface area contributed by atoms with Gasteiger partial charge in [-0.3, -0.25) is 0 Å². The van der Waals surface area contributed by atoms with Crippen LogP contribution in [0.25, 0.3) is 0 Å². The lowest BCUT2D eigenvalue weighted by molar-refractivity contribution is 0.202. The number of aliphatic hydroxyl groups excluding tert-OH is 1. The van der Waals surface area contributed by atoms with Gasteiger partial charge in [-0.25, -0.2) is 0 Å². The van der Waals surface area contributed by atoms with Gasteiger partial charge >= 0.3 is 0 Å². The number of hydrogen-bond donors (Lipinski definition) is 1. The summed E-state index contributed by atoms with van der Waals surface area (Å²) in [6.45, 7) is 0.632. The highest BCUT2D eigenvalue weighted by atomic mass is 35.5. The van der Waals surface area contributed by atoms with Crippen molar-refractivity contribution in [3.05, 3.63) is 22.7 Å². The van der Waals surface area contributed by atoms with Crippen LogP contribution >= 0.6 is 11.6 Å². The zero-order valence-electron chi connectivity index (χ0n) is 11.3. The Morgan fingerprint density at radius 2 is 2.00 bits per heavy atom. The van der Waals surface area contributed by atoms with Crippen molar-refractivity contribution in [2.75, 3.05) is 13.7 Å². The molecule has 1 aromatic rings. The number of ether oxygens (including phenoxy) is 2. The summed E-state index contributed by atoms with van der Waals surface area (Å²) in [4.78, 5) is 0. The van der Waals surface area contributed by atoms with Crippen LogP contribution in [0, 0.1) is 5.92 Å². The molecule has 0 aromatic heterocycles. The molecule has 106 valence electrons. The Bertz CT molecular complexity index is 414. The number of rotatable bonds is 5. The molecule has 19 heavy (non-hydrogen) atoms. The van der Waals surface area contributed by atoms with Gasteiger partial charge in [-0.2, -0.15) is 0 Å². The van der Waals surface area contributed by atoms with Crippen LogP contribution in [0.3, 0.4) is 0 Å². The highest BCUT2D eigenvalue weighted by Crippen LogP contribution is 2.37. The summed E-state index contributed by atoms with van der Waals surface area (Å²) in [6, 6.07) is 3.49. The molecule has 2 rings (SSSR count). The molecule has 0 radical (unpaired) electrons. The van der Waals surface area contributed by atoms with Crippen molar-refractivity contribution >= 4 is 11.6 Å². The fourth-order valence-electron chi connectivity index (χ4n) is 2.56. The molecule has 0 unspecified atom stereocenters. The molecule has 1 aromatic carbocycles. The van der Waals surface area contributed by atoms with Crippen molar-refractivity contribution < 1.29 is 14.6 Å². The van der Waals surface area contributed by atoms with Crippen molar-refractivity contribution in [3.63, 3.8) is 0 Å². The van der Waals surface area contributed by atoms with Gasteiger partial charge in [-0.15, -0.1) is 0 Å². The van der Waals surface area contributed by atoms with E-state index in [-0.39, 0.29) is 6.61 Å². The van der Waals surface area contributed by atoms with E-state index in [9.17, 15) is 0 Å². The van der Waals surface area contributed by atoms with Crippen molar-refractivity contribution in [2.24, 2.45) is 5.92 Å². The van der Waals surface area contributed by atoms with E-state index in [0.717, 1.165) is 5.56 Å². The normalized spacial score (nSPS) is 16.4. The summed E-state index contributed by atoms with van der Waals surface area (Å²) in [5.41, 5.74) is 0.729. The molecule has 1 saturated carbocycles. The van der Waals surface area contributed by atoms with E-state index in [1.54, 1.807) is 19.2 Å². The molecule has 1 aliphatic carbocycles. The van der Waals surface area contributed by atoms with Gasteiger partial charge < -0.3 is 14.6 Å². The van der Waals surface area contributed by atoms with Crippen LogP contribution in [-0.2, 0) is 6.61 Å². The zero-order chi connectivity index (χ0) is 13.7. The predicted molar refractivity (Wildman–Crippen MR) is 76.0 cm³/mol. The van der Waals surface area contributed by atoms with Crippen molar-refractivity contribution in [1.29, 1.82) is 0 Å². The SMILES string of the molecule is COc1cc(CO)cc(Cl)c1OCC1CCCCC1. The van der Waals surface area contributed by atoms with Crippen LogP contribution in [-0.4, -0.2) is 18.8 Å². The third-order valence-electron chi connectivity index (χ3n) is 3.66. The highest BCUT2D eigenvalue weighted by Gasteiger charge is 2.17. The number of halogens is 1. The molecule has 0 amide bonds. The molecule has 0 aliphatic heterocycles. The summed E-state index contributed by atoms with van der Waals surface area (Å²) >= 11 is 6.19. The summed E-state index contributed by atoms with van der Waals surface area (Å²) in [5.74, 6) is 1.80. The first kappa shape index (κ1) is 14.5.